The van der Waals surface area contributed by atoms with E-state index in [1.165, 1.54) is 0 Å². The second kappa shape index (κ2) is 6.56. The standard InChI is InChI=1S/C11H18N2O3S/c1-8(6-14)5-12-10(15)3-4-13-9(2)7-17-11(13)16/h7-8,14H,3-6H2,1-2H3,(H,12,15). The molecule has 1 atom stereocenters. The molecule has 0 bridgehead atoms. The lowest BCUT2D eigenvalue weighted by atomic mass is 10.2. The topological polar surface area (TPSA) is 71.3 Å². The summed E-state index contributed by atoms with van der Waals surface area (Å²) in [5, 5.41) is 13.3. The van der Waals surface area contributed by atoms with Crippen molar-refractivity contribution in [3.8, 4) is 0 Å². The summed E-state index contributed by atoms with van der Waals surface area (Å²) >= 11 is 1.15. The molecule has 0 aliphatic heterocycles. The molecular formula is C11H18N2O3S. The summed E-state index contributed by atoms with van der Waals surface area (Å²) in [6.07, 6.45) is 0.287. The molecule has 1 heterocycles. The molecule has 1 unspecified atom stereocenters. The largest absolute Gasteiger partial charge is 0.396 e. The minimum atomic E-state index is -0.0946. The molecule has 0 aliphatic carbocycles. The zero-order valence-corrected chi connectivity index (χ0v) is 10.9. The monoisotopic (exact) mass is 258 g/mol. The number of aliphatic hydroxyl groups is 1. The van der Waals surface area contributed by atoms with Gasteiger partial charge >= 0.3 is 4.87 Å². The van der Waals surface area contributed by atoms with Crippen LogP contribution in [0.3, 0.4) is 0 Å². The quantitative estimate of drug-likeness (QED) is 0.773. The van der Waals surface area contributed by atoms with Crippen LogP contribution in [0.2, 0.25) is 0 Å². The summed E-state index contributed by atoms with van der Waals surface area (Å²) in [6, 6.07) is 0. The van der Waals surface area contributed by atoms with Crippen molar-refractivity contribution in [3.63, 3.8) is 0 Å². The van der Waals surface area contributed by atoms with Crippen molar-refractivity contribution in [3.05, 3.63) is 20.7 Å². The zero-order valence-electron chi connectivity index (χ0n) is 10.1. The van der Waals surface area contributed by atoms with Crippen LogP contribution in [-0.4, -0.2) is 28.7 Å². The Morgan fingerprint density at radius 1 is 1.65 bits per heavy atom. The van der Waals surface area contributed by atoms with E-state index in [0.29, 0.717) is 13.1 Å². The van der Waals surface area contributed by atoms with Gasteiger partial charge in [-0.3, -0.25) is 9.59 Å². The predicted octanol–water partition coefficient (Wildman–Crippen LogP) is 0.353. The number of amides is 1. The Labute approximate surface area is 104 Å². The van der Waals surface area contributed by atoms with E-state index >= 15 is 0 Å². The number of thiazole rings is 1. The van der Waals surface area contributed by atoms with Gasteiger partial charge in [0.2, 0.25) is 5.91 Å². The van der Waals surface area contributed by atoms with Crippen molar-refractivity contribution < 1.29 is 9.90 Å². The van der Waals surface area contributed by atoms with E-state index < -0.39 is 0 Å². The number of hydrogen-bond acceptors (Lipinski definition) is 4. The Morgan fingerprint density at radius 2 is 2.35 bits per heavy atom. The summed E-state index contributed by atoms with van der Waals surface area (Å²) in [5.74, 6) is -0.0349. The van der Waals surface area contributed by atoms with Crippen molar-refractivity contribution >= 4 is 17.2 Å². The number of hydrogen-bond donors (Lipinski definition) is 2. The van der Waals surface area contributed by atoms with Gasteiger partial charge < -0.3 is 15.0 Å². The molecule has 1 amide bonds. The molecule has 1 aromatic heterocycles. The van der Waals surface area contributed by atoms with Crippen LogP contribution in [0.5, 0.6) is 0 Å². The first kappa shape index (κ1) is 13.9. The molecule has 0 spiro atoms. The van der Waals surface area contributed by atoms with Crippen LogP contribution < -0.4 is 10.2 Å². The van der Waals surface area contributed by atoms with E-state index in [2.05, 4.69) is 5.32 Å². The van der Waals surface area contributed by atoms with Gasteiger partial charge in [-0.15, -0.1) is 0 Å². The second-order valence-electron chi connectivity index (χ2n) is 4.14. The van der Waals surface area contributed by atoms with E-state index in [4.69, 9.17) is 5.11 Å². The lowest BCUT2D eigenvalue weighted by Crippen LogP contribution is -2.31. The normalized spacial score (nSPS) is 12.4. The van der Waals surface area contributed by atoms with Crippen LogP contribution in [0.1, 0.15) is 19.0 Å². The summed E-state index contributed by atoms with van der Waals surface area (Å²) < 4.78 is 1.60. The van der Waals surface area contributed by atoms with Crippen LogP contribution in [0.4, 0.5) is 0 Å². The highest BCUT2D eigenvalue weighted by molar-refractivity contribution is 7.07. The Bertz CT molecular complexity index is 425. The van der Waals surface area contributed by atoms with Crippen LogP contribution >= 0.6 is 11.3 Å². The van der Waals surface area contributed by atoms with Crippen LogP contribution in [0.15, 0.2) is 10.2 Å². The molecule has 5 nitrogen and oxygen atoms in total. The molecule has 0 aromatic carbocycles. The van der Waals surface area contributed by atoms with Gasteiger partial charge in [0.15, 0.2) is 0 Å². The van der Waals surface area contributed by atoms with E-state index in [0.717, 1.165) is 17.0 Å². The fraction of sp³-hybridized carbons (Fsp3) is 0.636. The highest BCUT2D eigenvalue weighted by Crippen LogP contribution is 2.00. The van der Waals surface area contributed by atoms with Crippen molar-refractivity contribution in [2.75, 3.05) is 13.2 Å². The van der Waals surface area contributed by atoms with E-state index in [9.17, 15) is 9.59 Å². The maximum atomic E-state index is 11.5. The number of carbonyl (C=O) groups excluding carboxylic acids is 1. The van der Waals surface area contributed by atoms with Gasteiger partial charge in [0.1, 0.15) is 0 Å². The highest BCUT2D eigenvalue weighted by atomic mass is 32.1. The van der Waals surface area contributed by atoms with Crippen LogP contribution in [0.25, 0.3) is 0 Å². The first-order valence-electron chi connectivity index (χ1n) is 5.57. The molecule has 1 aromatic rings. The van der Waals surface area contributed by atoms with E-state index in [-0.39, 0.29) is 29.7 Å². The van der Waals surface area contributed by atoms with Gasteiger partial charge in [-0.1, -0.05) is 18.3 Å². The third kappa shape index (κ3) is 4.32. The SMILES string of the molecule is Cc1csc(=O)n1CCC(=O)NCC(C)CO. The van der Waals surface area contributed by atoms with E-state index in [1.807, 2.05) is 13.8 Å². The Balaban J connectivity index is 2.36. The average Bonchev–Trinajstić information content (AvgIpc) is 2.63. The van der Waals surface area contributed by atoms with Gasteiger partial charge in [0, 0.05) is 37.2 Å². The minimum absolute atomic E-state index is 0.0287. The van der Waals surface area contributed by atoms with E-state index in [1.54, 1.807) is 9.95 Å². The zero-order chi connectivity index (χ0) is 12.8. The van der Waals surface area contributed by atoms with Crippen LogP contribution in [0, 0.1) is 12.8 Å². The molecule has 2 N–H and O–H groups in total. The summed E-state index contributed by atoms with van der Waals surface area (Å²) in [7, 11) is 0. The molecular weight excluding hydrogens is 240 g/mol. The van der Waals surface area contributed by atoms with Gasteiger partial charge in [-0.05, 0) is 12.8 Å². The predicted molar refractivity (Wildman–Crippen MR) is 67.2 cm³/mol. The number of aliphatic hydroxyl groups excluding tert-OH is 1. The smallest absolute Gasteiger partial charge is 0.307 e. The fourth-order valence-electron chi connectivity index (χ4n) is 1.33. The summed E-state index contributed by atoms with van der Waals surface area (Å²) in [6.45, 7) is 4.64. The lowest BCUT2D eigenvalue weighted by Gasteiger charge is -2.10. The molecule has 0 radical (unpaired) electrons. The van der Waals surface area contributed by atoms with Crippen molar-refractivity contribution in [1.82, 2.24) is 9.88 Å². The minimum Gasteiger partial charge on any atom is -0.396 e. The van der Waals surface area contributed by atoms with Gasteiger partial charge in [0.05, 0.1) is 0 Å². The third-order valence-corrected chi connectivity index (χ3v) is 3.38. The molecule has 0 saturated heterocycles. The molecule has 17 heavy (non-hydrogen) atoms. The molecule has 0 aliphatic rings. The molecule has 0 fully saturated rings. The van der Waals surface area contributed by atoms with Crippen molar-refractivity contribution in [1.29, 1.82) is 0 Å². The average molecular weight is 258 g/mol. The maximum Gasteiger partial charge on any atom is 0.307 e. The number of rotatable bonds is 6. The third-order valence-electron chi connectivity index (χ3n) is 2.50. The Hall–Kier alpha value is -1.14. The summed E-state index contributed by atoms with van der Waals surface area (Å²) in [4.78, 5) is 22.8. The second-order valence-corrected chi connectivity index (χ2v) is 4.96. The molecule has 0 saturated carbocycles. The fourth-order valence-corrected chi connectivity index (χ4v) is 2.09. The Kier molecular flexibility index (Phi) is 5.37. The maximum absolute atomic E-state index is 11.5. The van der Waals surface area contributed by atoms with Gasteiger partial charge in [0.25, 0.3) is 0 Å². The number of carbonyl (C=O) groups is 1. The number of aryl methyl sites for hydroxylation is 1. The highest BCUT2D eigenvalue weighted by Gasteiger charge is 2.07. The molecule has 96 valence electrons. The molecule has 1 rings (SSSR count). The van der Waals surface area contributed by atoms with Crippen LogP contribution in [-0.2, 0) is 11.3 Å². The Morgan fingerprint density at radius 3 is 2.88 bits per heavy atom. The van der Waals surface area contributed by atoms with Gasteiger partial charge in [-0.2, -0.15) is 0 Å². The van der Waals surface area contributed by atoms with Crippen molar-refractivity contribution in [2.45, 2.75) is 26.8 Å². The van der Waals surface area contributed by atoms with Gasteiger partial charge in [-0.25, -0.2) is 0 Å². The molecule has 6 heteroatoms. The van der Waals surface area contributed by atoms with Crippen molar-refractivity contribution in [2.24, 2.45) is 5.92 Å². The first-order valence-corrected chi connectivity index (χ1v) is 6.45. The summed E-state index contributed by atoms with van der Waals surface area (Å²) in [5.41, 5.74) is 0.886. The number of nitrogens with one attached hydrogen (secondary N) is 1. The number of nitrogens with zero attached hydrogens (tertiary/aromatic N) is 1. The number of aromatic nitrogens is 1. The lowest BCUT2D eigenvalue weighted by molar-refractivity contribution is -0.121. The first-order chi connectivity index (χ1) is 8.04.